The molecule has 0 unspecified atom stereocenters. The van der Waals surface area contributed by atoms with Crippen LogP contribution in [0.25, 0.3) is 11.1 Å². The lowest BCUT2D eigenvalue weighted by Gasteiger charge is -2.29. The summed E-state index contributed by atoms with van der Waals surface area (Å²) in [6.45, 7) is 0. The van der Waals surface area contributed by atoms with E-state index in [1.807, 2.05) is 58.9 Å². The molecule has 7 heteroatoms. The normalized spacial score (nSPS) is 14.7. The highest BCUT2D eigenvalue weighted by Crippen LogP contribution is 2.54. The molecule has 5 heterocycles. The van der Waals surface area contributed by atoms with Gasteiger partial charge in [-0.15, -0.1) is 0 Å². The molecule has 0 amide bonds. The van der Waals surface area contributed by atoms with Gasteiger partial charge in [-0.1, -0.05) is 28.8 Å². The van der Waals surface area contributed by atoms with Gasteiger partial charge in [0.15, 0.2) is 7.05 Å². The summed E-state index contributed by atoms with van der Waals surface area (Å²) in [6, 6.07) is 26.0. The van der Waals surface area contributed by atoms with Crippen molar-refractivity contribution in [3.05, 3.63) is 114 Å². The zero-order valence-electron chi connectivity index (χ0n) is 18.3. The van der Waals surface area contributed by atoms with Gasteiger partial charge in [0, 0.05) is 54.1 Å². The molecule has 0 saturated carbocycles. The Morgan fingerprint density at radius 3 is 2.26 bits per heavy atom. The van der Waals surface area contributed by atoms with Gasteiger partial charge in [-0.2, -0.15) is 10.1 Å². The highest BCUT2D eigenvalue weighted by molar-refractivity contribution is 5.83. The number of pyridine rings is 3. The van der Waals surface area contributed by atoms with Gasteiger partial charge < -0.3 is 0 Å². The molecule has 4 aromatic heterocycles. The van der Waals surface area contributed by atoms with Crippen LogP contribution in [0.2, 0.25) is 0 Å². The summed E-state index contributed by atoms with van der Waals surface area (Å²) in [5.74, 6) is 0.848. The minimum Gasteiger partial charge on any atom is -0.281 e. The Balaban J connectivity index is 1.54. The predicted molar refractivity (Wildman–Crippen MR) is 128 cm³/mol. The summed E-state index contributed by atoms with van der Waals surface area (Å²) in [4.78, 5) is 14.4. The van der Waals surface area contributed by atoms with Gasteiger partial charge in [0.25, 0.3) is 0 Å². The fourth-order valence-corrected chi connectivity index (χ4v) is 5.24. The Kier molecular flexibility index (Phi) is 3.80. The second kappa shape index (κ2) is 6.88. The van der Waals surface area contributed by atoms with Crippen molar-refractivity contribution in [3.8, 4) is 11.1 Å². The number of hydrogen-bond acceptors (Lipinski definition) is 4. The Labute approximate surface area is 195 Å². The molecule has 0 spiro atoms. The topological polar surface area (TPSA) is 73.4 Å². The molecule has 0 bridgehead atoms. The zero-order chi connectivity index (χ0) is 22.7. The first-order chi connectivity index (χ1) is 16.8. The molecule has 1 aromatic carbocycles. The Morgan fingerprint density at radius 2 is 1.53 bits per heavy atom. The molecule has 5 aromatic rings. The molecular weight excluding hydrogens is 422 g/mol. The highest BCUT2D eigenvalue weighted by atomic mass is 15.2. The van der Waals surface area contributed by atoms with Gasteiger partial charge in [-0.25, -0.2) is 0 Å². The molecule has 2 aliphatic rings. The number of fused-ring (bicyclic) bond motifs is 4. The Hall–Kier alpha value is -4.74. The lowest BCUT2D eigenvalue weighted by Crippen LogP contribution is -2.31. The van der Waals surface area contributed by atoms with E-state index in [1.165, 1.54) is 0 Å². The first-order valence-electron chi connectivity index (χ1n) is 11.1. The highest BCUT2D eigenvalue weighted by Gasteiger charge is 2.50. The molecule has 1 aliphatic heterocycles. The maximum Gasteiger partial charge on any atom is 0.497 e. The molecule has 0 fully saturated rings. The van der Waals surface area contributed by atoms with Crippen LogP contribution >= 0.6 is 0 Å². The lowest BCUT2D eigenvalue weighted by molar-refractivity contribution is -0.394. The maximum atomic E-state index is 4.90. The van der Waals surface area contributed by atoms with Crippen molar-refractivity contribution in [3.63, 3.8) is 0 Å². The third kappa shape index (κ3) is 2.36. The zero-order valence-corrected chi connectivity index (χ0v) is 18.3. The summed E-state index contributed by atoms with van der Waals surface area (Å²) in [7, 11) is 1.98. The third-order valence-electron chi connectivity index (χ3n) is 6.65. The molecule has 7 nitrogen and oxygen atoms in total. The van der Waals surface area contributed by atoms with Crippen LogP contribution in [0.15, 0.2) is 91.5 Å². The smallest absolute Gasteiger partial charge is 0.281 e. The maximum absolute atomic E-state index is 4.90. The molecule has 1 aliphatic carbocycles. The van der Waals surface area contributed by atoms with E-state index in [4.69, 9.17) is 9.97 Å². The number of hydrogen-bond donors (Lipinski definition) is 1. The molecule has 0 saturated heterocycles. The van der Waals surface area contributed by atoms with E-state index >= 15 is 0 Å². The third-order valence-corrected chi connectivity index (χ3v) is 6.65. The van der Waals surface area contributed by atoms with E-state index in [2.05, 4.69) is 57.6 Å². The van der Waals surface area contributed by atoms with Gasteiger partial charge in [0.1, 0.15) is 5.41 Å². The molecule has 0 radical (unpaired) electrons. The fourth-order valence-electron chi connectivity index (χ4n) is 5.24. The summed E-state index contributed by atoms with van der Waals surface area (Å²) < 4.78 is 3.95. The quantitative estimate of drug-likeness (QED) is 0.417. The van der Waals surface area contributed by atoms with Crippen LogP contribution in [-0.4, -0.2) is 42.8 Å². The standard InChI is InChI=1S/C27H19N7/c1-33-17-34(26-22(33)10-5-14-30-26)19-7-2-6-18(16-19)27(23-11-15-31-32-23)24-20(8-3-12-28-24)21-9-4-13-29-25(21)27/h2-16H,1H3,(H,31,32)/q+2. The van der Waals surface area contributed by atoms with Crippen molar-refractivity contribution < 1.29 is 4.58 Å². The minimum atomic E-state index is -0.724. The van der Waals surface area contributed by atoms with Crippen LogP contribution in [0.4, 0.5) is 17.2 Å². The SMILES string of the molecule is C[N+]1=C=[N+](c2cccc(C3(c4ccn[nH]4)c4ncccc4-c4cccnc43)c2)c2ncccc21. The Morgan fingerprint density at radius 1 is 0.794 bits per heavy atom. The van der Waals surface area contributed by atoms with Crippen molar-refractivity contribution in [2.24, 2.45) is 0 Å². The Bertz CT molecular complexity index is 1610. The van der Waals surface area contributed by atoms with E-state index < -0.39 is 5.41 Å². The van der Waals surface area contributed by atoms with Crippen molar-refractivity contribution >= 4 is 23.2 Å². The molecule has 1 N–H and O–H groups in total. The predicted octanol–water partition coefficient (Wildman–Crippen LogP) is 4.25. The van der Waals surface area contributed by atoms with Gasteiger partial charge in [-0.3, -0.25) is 15.1 Å². The molecule has 34 heavy (non-hydrogen) atoms. The molecule has 0 atom stereocenters. The summed E-state index contributed by atoms with van der Waals surface area (Å²) in [5.41, 5.74) is 7.25. The summed E-state index contributed by atoms with van der Waals surface area (Å²) in [6.07, 6.45) is 7.27. The van der Waals surface area contributed by atoms with E-state index in [0.29, 0.717) is 0 Å². The number of rotatable bonds is 3. The lowest BCUT2D eigenvalue weighted by atomic mass is 9.74. The fraction of sp³-hybridized carbons (Fsp3) is 0.0741. The largest absolute Gasteiger partial charge is 0.497 e. The van der Waals surface area contributed by atoms with Gasteiger partial charge in [-0.05, 0) is 34.4 Å². The van der Waals surface area contributed by atoms with Crippen molar-refractivity contribution in [1.29, 1.82) is 0 Å². The number of nitrogens with one attached hydrogen (secondary N) is 1. The van der Waals surface area contributed by atoms with Crippen molar-refractivity contribution in [2.45, 2.75) is 5.41 Å². The van der Waals surface area contributed by atoms with Crippen molar-refractivity contribution in [1.82, 2.24) is 29.7 Å². The first kappa shape index (κ1) is 18.8. The second-order valence-electron chi connectivity index (χ2n) is 8.41. The first-order valence-corrected chi connectivity index (χ1v) is 11.1. The molecule has 160 valence electrons. The van der Waals surface area contributed by atoms with Crippen LogP contribution in [-0.2, 0) is 5.41 Å². The van der Waals surface area contributed by atoms with Crippen LogP contribution < -0.4 is 4.58 Å². The van der Waals surface area contributed by atoms with Crippen LogP contribution in [0.5, 0.6) is 0 Å². The van der Waals surface area contributed by atoms with E-state index in [0.717, 1.165) is 51.0 Å². The number of aromatic nitrogens is 5. The minimum absolute atomic E-state index is 0.724. The van der Waals surface area contributed by atoms with E-state index in [-0.39, 0.29) is 0 Å². The average molecular weight is 441 g/mol. The summed E-state index contributed by atoms with van der Waals surface area (Å²) >= 11 is 0. The summed E-state index contributed by atoms with van der Waals surface area (Å²) in [5, 5.41) is 7.53. The van der Waals surface area contributed by atoms with Crippen LogP contribution in [0.3, 0.4) is 0 Å². The molecule has 7 rings (SSSR count). The van der Waals surface area contributed by atoms with E-state index in [1.54, 1.807) is 12.4 Å². The number of H-pyrrole nitrogens is 1. The van der Waals surface area contributed by atoms with Crippen LogP contribution in [0, 0.1) is 0 Å². The second-order valence-corrected chi connectivity index (χ2v) is 8.41. The van der Waals surface area contributed by atoms with Gasteiger partial charge in [0.05, 0.1) is 17.1 Å². The van der Waals surface area contributed by atoms with Crippen LogP contribution in [0.1, 0.15) is 22.6 Å². The number of nitrogens with zero attached hydrogens (tertiary/aromatic N) is 6. The monoisotopic (exact) mass is 441 g/mol. The molecular formula is C27H19N7+2. The van der Waals surface area contributed by atoms with Crippen molar-refractivity contribution in [2.75, 3.05) is 7.05 Å². The van der Waals surface area contributed by atoms with Gasteiger partial charge in [0.2, 0.25) is 5.69 Å². The van der Waals surface area contributed by atoms with Gasteiger partial charge >= 0.3 is 17.5 Å². The number of benzene rings is 1. The number of aromatic amines is 1. The average Bonchev–Trinajstić information content (AvgIpc) is 3.61. The van der Waals surface area contributed by atoms with E-state index in [9.17, 15) is 0 Å².